The number of alkyl halides is 3. The number of nitrogens with two attached hydrogens (primary N) is 1. The zero-order valence-corrected chi connectivity index (χ0v) is 8.93. The van der Waals surface area contributed by atoms with E-state index in [1.165, 1.54) is 11.9 Å². The number of nitrogens with zero attached hydrogens (tertiary/aromatic N) is 1. The number of hydrogen-bond acceptors (Lipinski definition) is 2. The molecule has 1 atom stereocenters. The average Bonchev–Trinajstić information content (AvgIpc) is 1.96. The molecule has 14 heavy (non-hydrogen) atoms. The second kappa shape index (κ2) is 5.56. The van der Waals surface area contributed by atoms with Gasteiger partial charge in [-0.3, -0.25) is 4.90 Å². The zero-order chi connectivity index (χ0) is 11.4. The van der Waals surface area contributed by atoms with E-state index in [1.54, 1.807) is 0 Å². The molecule has 0 amide bonds. The molecular weight excluding hydrogens is 193 g/mol. The Morgan fingerprint density at radius 3 is 2.07 bits per heavy atom. The zero-order valence-electron chi connectivity index (χ0n) is 8.93. The Bertz CT molecular complexity index is 157. The molecule has 2 N–H and O–H groups in total. The lowest BCUT2D eigenvalue weighted by Gasteiger charge is -2.30. The van der Waals surface area contributed by atoms with Gasteiger partial charge in [-0.15, -0.1) is 0 Å². The molecule has 0 aromatic carbocycles. The quantitative estimate of drug-likeness (QED) is 0.753. The van der Waals surface area contributed by atoms with Crippen molar-refractivity contribution in [3.05, 3.63) is 0 Å². The third-order valence-corrected chi connectivity index (χ3v) is 2.00. The second-order valence-corrected chi connectivity index (χ2v) is 3.97. The molecule has 0 aliphatic carbocycles. The van der Waals surface area contributed by atoms with Crippen LogP contribution in [0.25, 0.3) is 0 Å². The van der Waals surface area contributed by atoms with Crippen LogP contribution in [0.5, 0.6) is 0 Å². The molecule has 0 bridgehead atoms. The molecule has 0 rings (SSSR count). The summed E-state index contributed by atoms with van der Waals surface area (Å²) in [6.45, 7) is 4.29. The van der Waals surface area contributed by atoms with E-state index < -0.39 is 12.2 Å². The van der Waals surface area contributed by atoms with Crippen LogP contribution in [0.4, 0.5) is 13.2 Å². The molecule has 0 aromatic rings. The van der Waals surface area contributed by atoms with Gasteiger partial charge in [0.15, 0.2) is 0 Å². The predicted molar refractivity (Wildman–Crippen MR) is 51.0 cm³/mol. The Morgan fingerprint density at radius 1 is 1.29 bits per heavy atom. The van der Waals surface area contributed by atoms with E-state index in [9.17, 15) is 13.2 Å². The Kier molecular flexibility index (Phi) is 5.44. The maximum absolute atomic E-state index is 12.5. The van der Waals surface area contributed by atoms with Crippen LogP contribution in [0.2, 0.25) is 0 Å². The molecule has 0 heterocycles. The van der Waals surface area contributed by atoms with E-state index in [0.29, 0.717) is 6.54 Å². The van der Waals surface area contributed by atoms with Crippen LogP contribution in [0.3, 0.4) is 0 Å². The monoisotopic (exact) mass is 212 g/mol. The predicted octanol–water partition coefficient (Wildman–Crippen LogP) is 1.85. The van der Waals surface area contributed by atoms with Crippen LogP contribution in [0.1, 0.15) is 20.3 Å². The molecule has 0 saturated carbocycles. The van der Waals surface area contributed by atoms with Crippen molar-refractivity contribution in [3.8, 4) is 0 Å². The van der Waals surface area contributed by atoms with Gasteiger partial charge in [0.25, 0.3) is 0 Å². The fourth-order valence-corrected chi connectivity index (χ4v) is 1.50. The molecular formula is C9H19F3N2. The Hall–Kier alpha value is -0.290. The molecule has 0 aromatic heterocycles. The highest BCUT2D eigenvalue weighted by molar-refractivity contribution is 4.77. The topological polar surface area (TPSA) is 29.3 Å². The van der Waals surface area contributed by atoms with Gasteiger partial charge in [-0.25, -0.2) is 0 Å². The van der Waals surface area contributed by atoms with Gasteiger partial charge < -0.3 is 5.73 Å². The normalized spacial score (nSPS) is 15.2. The highest BCUT2D eigenvalue weighted by atomic mass is 19.4. The van der Waals surface area contributed by atoms with Crippen molar-refractivity contribution in [1.82, 2.24) is 4.90 Å². The fourth-order valence-electron chi connectivity index (χ4n) is 1.50. The molecule has 5 heteroatoms. The van der Waals surface area contributed by atoms with E-state index in [1.807, 2.05) is 13.8 Å². The van der Waals surface area contributed by atoms with Crippen molar-refractivity contribution < 1.29 is 13.2 Å². The minimum atomic E-state index is -4.18. The second-order valence-electron chi connectivity index (χ2n) is 3.97. The van der Waals surface area contributed by atoms with Gasteiger partial charge in [0.1, 0.15) is 6.04 Å². The van der Waals surface area contributed by atoms with Gasteiger partial charge in [-0.1, -0.05) is 13.8 Å². The van der Waals surface area contributed by atoms with Crippen molar-refractivity contribution in [1.29, 1.82) is 0 Å². The van der Waals surface area contributed by atoms with Gasteiger partial charge >= 0.3 is 6.18 Å². The minimum absolute atomic E-state index is 0.0350. The molecule has 0 aliphatic rings. The van der Waals surface area contributed by atoms with Crippen LogP contribution >= 0.6 is 0 Å². The lowest BCUT2D eigenvalue weighted by Crippen LogP contribution is -2.46. The molecule has 1 unspecified atom stereocenters. The summed E-state index contributed by atoms with van der Waals surface area (Å²) in [4.78, 5) is 1.33. The molecule has 0 spiro atoms. The number of rotatable bonds is 5. The number of halogens is 3. The maximum atomic E-state index is 12.5. The smallest absolute Gasteiger partial charge is 0.330 e. The third kappa shape index (κ3) is 4.81. The van der Waals surface area contributed by atoms with Gasteiger partial charge in [0, 0.05) is 6.54 Å². The minimum Gasteiger partial charge on any atom is -0.330 e. The summed E-state index contributed by atoms with van der Waals surface area (Å²) in [5.41, 5.74) is 5.17. The first kappa shape index (κ1) is 13.7. The molecule has 86 valence electrons. The standard InChI is InChI=1S/C9H19F3N2/c1-7(2)6-14(3)8(4-5-13)9(10,11)12/h7-8H,4-6,13H2,1-3H3. The maximum Gasteiger partial charge on any atom is 0.404 e. The Labute approximate surface area is 83.3 Å². The summed E-state index contributed by atoms with van der Waals surface area (Å²) < 4.78 is 37.5. The van der Waals surface area contributed by atoms with Crippen molar-refractivity contribution in [2.75, 3.05) is 20.1 Å². The lowest BCUT2D eigenvalue weighted by atomic mass is 10.1. The van der Waals surface area contributed by atoms with E-state index in [2.05, 4.69) is 0 Å². The van der Waals surface area contributed by atoms with E-state index in [0.717, 1.165) is 0 Å². The van der Waals surface area contributed by atoms with Crippen LogP contribution in [-0.4, -0.2) is 37.3 Å². The fraction of sp³-hybridized carbons (Fsp3) is 1.00. The van der Waals surface area contributed by atoms with Crippen LogP contribution in [0.15, 0.2) is 0 Å². The summed E-state index contributed by atoms with van der Waals surface area (Å²) in [5, 5.41) is 0. The number of hydrogen-bond donors (Lipinski definition) is 1. The first-order valence-corrected chi connectivity index (χ1v) is 4.76. The van der Waals surface area contributed by atoms with Crippen LogP contribution in [-0.2, 0) is 0 Å². The molecule has 0 aliphatic heterocycles. The summed E-state index contributed by atoms with van der Waals surface area (Å²) in [6, 6.07) is -1.41. The SMILES string of the molecule is CC(C)CN(C)C(CCN)C(F)(F)F. The van der Waals surface area contributed by atoms with E-state index in [4.69, 9.17) is 5.73 Å². The first-order chi connectivity index (χ1) is 6.29. The summed E-state index contributed by atoms with van der Waals surface area (Å²) in [6.07, 6.45) is -4.21. The largest absolute Gasteiger partial charge is 0.404 e. The molecule has 0 radical (unpaired) electrons. The van der Waals surface area contributed by atoms with Crippen molar-refractivity contribution in [3.63, 3.8) is 0 Å². The van der Waals surface area contributed by atoms with Gasteiger partial charge in [-0.05, 0) is 25.9 Å². The summed E-state index contributed by atoms with van der Waals surface area (Å²) in [5.74, 6) is 0.225. The van der Waals surface area contributed by atoms with E-state index >= 15 is 0 Å². The average molecular weight is 212 g/mol. The van der Waals surface area contributed by atoms with Gasteiger partial charge in [-0.2, -0.15) is 13.2 Å². The van der Waals surface area contributed by atoms with Gasteiger partial charge in [0.2, 0.25) is 0 Å². The summed E-state index contributed by atoms with van der Waals surface area (Å²) in [7, 11) is 1.49. The molecule has 0 fully saturated rings. The highest BCUT2D eigenvalue weighted by Crippen LogP contribution is 2.26. The summed E-state index contributed by atoms with van der Waals surface area (Å²) >= 11 is 0. The van der Waals surface area contributed by atoms with E-state index in [-0.39, 0.29) is 18.9 Å². The molecule has 2 nitrogen and oxygen atoms in total. The molecule has 0 saturated heterocycles. The van der Waals surface area contributed by atoms with Crippen molar-refractivity contribution in [2.45, 2.75) is 32.5 Å². The lowest BCUT2D eigenvalue weighted by molar-refractivity contribution is -0.182. The van der Waals surface area contributed by atoms with Crippen molar-refractivity contribution >= 4 is 0 Å². The van der Waals surface area contributed by atoms with Crippen molar-refractivity contribution in [2.24, 2.45) is 11.7 Å². The Balaban J connectivity index is 4.33. The Morgan fingerprint density at radius 2 is 1.79 bits per heavy atom. The first-order valence-electron chi connectivity index (χ1n) is 4.76. The van der Waals surface area contributed by atoms with Crippen LogP contribution < -0.4 is 5.73 Å². The highest BCUT2D eigenvalue weighted by Gasteiger charge is 2.41. The third-order valence-electron chi connectivity index (χ3n) is 2.00. The van der Waals surface area contributed by atoms with Crippen LogP contribution in [0, 0.1) is 5.92 Å². The van der Waals surface area contributed by atoms with Gasteiger partial charge in [0.05, 0.1) is 0 Å².